The number of nitrogens with zero attached hydrogens (tertiary/aromatic N) is 1. The lowest BCUT2D eigenvalue weighted by Gasteiger charge is -2.08. The molecule has 1 aromatic rings. The molecular weight excluding hydrogens is 252 g/mol. The minimum atomic E-state index is -0.0103. The van der Waals surface area contributed by atoms with Gasteiger partial charge in [0.25, 0.3) is 0 Å². The van der Waals surface area contributed by atoms with E-state index in [0.717, 1.165) is 12.1 Å². The molecule has 5 heteroatoms. The summed E-state index contributed by atoms with van der Waals surface area (Å²) in [6, 6.07) is 8.18. The zero-order chi connectivity index (χ0) is 15.0. The van der Waals surface area contributed by atoms with Crippen LogP contribution in [0.2, 0.25) is 0 Å². The Bertz CT molecular complexity index is 451. The second kappa shape index (κ2) is 8.19. The number of guanidine groups is 1. The van der Waals surface area contributed by atoms with Crippen LogP contribution in [0.4, 0.5) is 5.69 Å². The summed E-state index contributed by atoms with van der Waals surface area (Å²) >= 11 is 0. The fourth-order valence-corrected chi connectivity index (χ4v) is 1.68. The summed E-state index contributed by atoms with van der Waals surface area (Å²) in [4.78, 5) is 15.6. The molecule has 0 aromatic heterocycles. The van der Waals surface area contributed by atoms with Crippen LogP contribution in [-0.2, 0) is 11.2 Å². The van der Waals surface area contributed by atoms with E-state index in [-0.39, 0.29) is 11.9 Å². The Morgan fingerprint density at radius 3 is 2.50 bits per heavy atom. The van der Waals surface area contributed by atoms with E-state index < -0.39 is 0 Å². The number of nitrogens with one attached hydrogen (secondary N) is 2. The largest absolute Gasteiger partial charge is 0.370 e. The fourth-order valence-electron chi connectivity index (χ4n) is 1.68. The minimum absolute atomic E-state index is 0.0103. The number of aryl methyl sites for hydroxylation is 1. The van der Waals surface area contributed by atoms with Crippen molar-refractivity contribution in [2.75, 3.05) is 11.9 Å². The molecule has 0 saturated carbocycles. The van der Waals surface area contributed by atoms with E-state index >= 15 is 0 Å². The predicted molar refractivity (Wildman–Crippen MR) is 83.8 cm³/mol. The Morgan fingerprint density at radius 2 is 1.95 bits per heavy atom. The molecular formula is C15H24N4O. The van der Waals surface area contributed by atoms with Gasteiger partial charge in [-0.15, -0.1) is 0 Å². The van der Waals surface area contributed by atoms with Crippen LogP contribution in [-0.4, -0.2) is 24.5 Å². The van der Waals surface area contributed by atoms with Crippen LogP contribution in [0.3, 0.4) is 0 Å². The molecule has 20 heavy (non-hydrogen) atoms. The van der Waals surface area contributed by atoms with E-state index in [0.29, 0.717) is 18.9 Å². The Labute approximate surface area is 120 Å². The van der Waals surface area contributed by atoms with Gasteiger partial charge in [0.2, 0.25) is 5.91 Å². The number of hydrogen-bond donors (Lipinski definition) is 3. The van der Waals surface area contributed by atoms with Crippen molar-refractivity contribution in [2.24, 2.45) is 10.7 Å². The predicted octanol–water partition coefficient (Wildman–Crippen LogP) is 1.89. The average molecular weight is 276 g/mol. The lowest BCUT2D eigenvalue weighted by molar-refractivity contribution is -0.121. The molecule has 1 amide bonds. The number of nitrogens with two attached hydrogens (primary N) is 1. The van der Waals surface area contributed by atoms with Gasteiger partial charge in [-0.1, -0.05) is 19.1 Å². The molecule has 0 aliphatic heterocycles. The number of aliphatic imine (C=N–C) groups is 1. The van der Waals surface area contributed by atoms with Crippen molar-refractivity contribution in [3.63, 3.8) is 0 Å². The Kier molecular flexibility index (Phi) is 6.56. The molecule has 4 N–H and O–H groups in total. The number of carbonyl (C=O) groups excluding carboxylic acids is 1. The van der Waals surface area contributed by atoms with Crippen LogP contribution in [0.25, 0.3) is 0 Å². The van der Waals surface area contributed by atoms with Crippen LogP contribution < -0.4 is 16.4 Å². The van der Waals surface area contributed by atoms with Gasteiger partial charge in [-0.3, -0.25) is 9.79 Å². The van der Waals surface area contributed by atoms with E-state index in [9.17, 15) is 4.79 Å². The molecule has 1 aromatic carbocycles. The maximum absolute atomic E-state index is 11.4. The van der Waals surface area contributed by atoms with Crippen LogP contribution in [0, 0.1) is 0 Å². The summed E-state index contributed by atoms with van der Waals surface area (Å²) < 4.78 is 0. The first-order chi connectivity index (χ1) is 9.51. The van der Waals surface area contributed by atoms with Crippen molar-refractivity contribution in [1.29, 1.82) is 0 Å². The molecule has 0 bridgehead atoms. The van der Waals surface area contributed by atoms with Gasteiger partial charge >= 0.3 is 0 Å². The van der Waals surface area contributed by atoms with Crippen LogP contribution >= 0.6 is 0 Å². The molecule has 0 spiro atoms. The topological polar surface area (TPSA) is 79.5 Å². The van der Waals surface area contributed by atoms with E-state index in [2.05, 4.69) is 22.5 Å². The molecule has 0 saturated heterocycles. The third kappa shape index (κ3) is 6.22. The number of amides is 1. The smallest absolute Gasteiger partial charge is 0.222 e. The normalized spacial score (nSPS) is 11.5. The van der Waals surface area contributed by atoms with Crippen molar-refractivity contribution in [3.8, 4) is 0 Å². The van der Waals surface area contributed by atoms with Gasteiger partial charge < -0.3 is 16.4 Å². The molecule has 0 fully saturated rings. The maximum atomic E-state index is 11.4. The zero-order valence-electron chi connectivity index (χ0n) is 12.4. The quantitative estimate of drug-likeness (QED) is 0.548. The second-order valence-electron chi connectivity index (χ2n) is 4.91. The van der Waals surface area contributed by atoms with Gasteiger partial charge in [-0.2, -0.15) is 0 Å². The number of benzene rings is 1. The van der Waals surface area contributed by atoms with Crippen LogP contribution in [0.5, 0.6) is 0 Å². The highest BCUT2D eigenvalue weighted by molar-refractivity contribution is 5.92. The highest BCUT2D eigenvalue weighted by Crippen LogP contribution is 2.09. The van der Waals surface area contributed by atoms with E-state index in [1.54, 1.807) is 0 Å². The molecule has 0 atom stereocenters. The van der Waals surface area contributed by atoms with Crippen molar-refractivity contribution in [3.05, 3.63) is 29.8 Å². The minimum Gasteiger partial charge on any atom is -0.370 e. The summed E-state index contributed by atoms with van der Waals surface area (Å²) in [7, 11) is 0. The summed E-state index contributed by atoms with van der Waals surface area (Å²) in [5.41, 5.74) is 7.94. The standard InChI is InChI=1S/C15H24N4O/c1-4-12-5-7-13(8-6-12)19-15(16)17-10-9-14(20)18-11(2)3/h5-8,11H,4,9-10H2,1-3H3,(H,18,20)(H3,16,17,19). The van der Waals surface area contributed by atoms with E-state index in [1.165, 1.54) is 5.56 Å². The summed E-state index contributed by atoms with van der Waals surface area (Å²) in [5.74, 6) is 0.315. The Hall–Kier alpha value is -2.04. The van der Waals surface area contributed by atoms with Crippen molar-refractivity contribution < 1.29 is 4.79 Å². The lowest BCUT2D eigenvalue weighted by Crippen LogP contribution is -2.30. The molecule has 0 aliphatic rings. The molecule has 0 unspecified atom stereocenters. The number of hydrogen-bond acceptors (Lipinski definition) is 2. The number of anilines is 1. The van der Waals surface area contributed by atoms with Gasteiger partial charge in [0.05, 0.1) is 6.54 Å². The highest BCUT2D eigenvalue weighted by Gasteiger charge is 2.02. The molecule has 110 valence electrons. The molecule has 1 rings (SSSR count). The highest BCUT2D eigenvalue weighted by atomic mass is 16.1. The first kappa shape index (κ1) is 16.0. The van der Waals surface area contributed by atoms with E-state index in [4.69, 9.17) is 5.73 Å². The summed E-state index contributed by atoms with van der Waals surface area (Å²) in [6.07, 6.45) is 1.35. The second-order valence-corrected chi connectivity index (χ2v) is 4.91. The van der Waals surface area contributed by atoms with Crippen molar-refractivity contribution >= 4 is 17.6 Å². The van der Waals surface area contributed by atoms with Gasteiger partial charge in [-0.25, -0.2) is 0 Å². The third-order valence-corrected chi connectivity index (χ3v) is 2.71. The molecule has 0 aliphatic carbocycles. The van der Waals surface area contributed by atoms with E-state index in [1.807, 2.05) is 38.1 Å². The molecule has 0 radical (unpaired) electrons. The average Bonchev–Trinajstić information content (AvgIpc) is 2.38. The molecule has 0 heterocycles. The number of rotatable bonds is 6. The Morgan fingerprint density at radius 1 is 1.30 bits per heavy atom. The van der Waals surface area contributed by atoms with Gasteiger partial charge in [-0.05, 0) is 38.0 Å². The maximum Gasteiger partial charge on any atom is 0.222 e. The third-order valence-electron chi connectivity index (χ3n) is 2.71. The monoisotopic (exact) mass is 276 g/mol. The number of carbonyl (C=O) groups is 1. The molecule has 5 nitrogen and oxygen atoms in total. The van der Waals surface area contributed by atoms with Crippen molar-refractivity contribution in [1.82, 2.24) is 5.32 Å². The SMILES string of the molecule is CCc1ccc(NC(N)=NCCC(=O)NC(C)C)cc1. The van der Waals surface area contributed by atoms with Crippen LogP contribution in [0.1, 0.15) is 32.8 Å². The summed E-state index contributed by atoms with van der Waals surface area (Å²) in [6.45, 7) is 6.35. The van der Waals surface area contributed by atoms with Crippen molar-refractivity contribution in [2.45, 2.75) is 39.7 Å². The Balaban J connectivity index is 2.39. The first-order valence-electron chi connectivity index (χ1n) is 6.96. The lowest BCUT2D eigenvalue weighted by atomic mass is 10.1. The summed E-state index contributed by atoms with van der Waals surface area (Å²) in [5, 5.41) is 5.81. The van der Waals surface area contributed by atoms with Gasteiger partial charge in [0.15, 0.2) is 5.96 Å². The van der Waals surface area contributed by atoms with Gasteiger partial charge in [0.1, 0.15) is 0 Å². The first-order valence-corrected chi connectivity index (χ1v) is 6.96. The zero-order valence-corrected chi connectivity index (χ0v) is 12.4. The van der Waals surface area contributed by atoms with Gasteiger partial charge in [0, 0.05) is 18.2 Å². The fraction of sp³-hybridized carbons (Fsp3) is 0.467. The van der Waals surface area contributed by atoms with Crippen LogP contribution in [0.15, 0.2) is 29.3 Å².